The van der Waals surface area contributed by atoms with Crippen LogP contribution in [0.2, 0.25) is 0 Å². The van der Waals surface area contributed by atoms with Crippen LogP contribution in [0.25, 0.3) is 11.3 Å². The van der Waals surface area contributed by atoms with Crippen LogP contribution >= 0.6 is 0 Å². The minimum Gasteiger partial charge on any atom is -0.389 e. The molecule has 8 bridgehead atoms. The standard InChI is InChI=1S/C29H38N6O/c1-22-5-4-15-34(2)27-9-8-24(21-31-27)26-10-14-30-28(33-26)32-25-7-3-6-23(19-25)20-29(36)12-17-35(16-11-22)18-13-29/h3,6-10,14,19,21-22,36H,4-5,11-13,15-18,20H2,1-2H3,(H,30,32,33). The molecule has 1 aromatic carbocycles. The number of benzene rings is 1. The van der Waals surface area contributed by atoms with Crippen LogP contribution < -0.4 is 10.2 Å². The van der Waals surface area contributed by atoms with Gasteiger partial charge in [-0.1, -0.05) is 19.1 Å². The van der Waals surface area contributed by atoms with Gasteiger partial charge < -0.3 is 20.2 Å². The number of hydrogen-bond acceptors (Lipinski definition) is 7. The maximum Gasteiger partial charge on any atom is 0.227 e. The van der Waals surface area contributed by atoms with Gasteiger partial charge in [0.15, 0.2) is 0 Å². The molecule has 7 nitrogen and oxygen atoms in total. The average Bonchev–Trinajstić information content (AvgIpc) is 2.88. The van der Waals surface area contributed by atoms with Crippen LogP contribution in [0, 0.1) is 5.92 Å². The van der Waals surface area contributed by atoms with Crippen molar-refractivity contribution in [2.45, 2.75) is 51.0 Å². The highest BCUT2D eigenvalue weighted by Crippen LogP contribution is 2.29. The predicted octanol–water partition coefficient (Wildman–Crippen LogP) is 4.91. The molecule has 5 aliphatic rings. The van der Waals surface area contributed by atoms with Gasteiger partial charge in [0.25, 0.3) is 0 Å². The first-order valence-corrected chi connectivity index (χ1v) is 13.3. The number of aliphatic hydroxyl groups is 1. The third-order valence-electron chi connectivity index (χ3n) is 7.72. The lowest BCUT2D eigenvalue weighted by Crippen LogP contribution is -2.46. The van der Waals surface area contributed by atoms with Crippen molar-refractivity contribution in [3.8, 4) is 11.3 Å². The molecular formula is C29H38N6O. The molecule has 0 aliphatic carbocycles. The molecular weight excluding hydrogens is 448 g/mol. The van der Waals surface area contributed by atoms with Crippen molar-refractivity contribution in [2.75, 3.05) is 43.4 Å². The number of nitrogens with zero attached hydrogens (tertiary/aromatic N) is 5. The number of rotatable bonds is 0. The summed E-state index contributed by atoms with van der Waals surface area (Å²) < 4.78 is 0. The molecule has 1 fully saturated rings. The first kappa shape index (κ1) is 24.7. The van der Waals surface area contributed by atoms with E-state index in [9.17, 15) is 5.11 Å². The summed E-state index contributed by atoms with van der Waals surface area (Å²) in [5, 5.41) is 14.7. The van der Waals surface area contributed by atoms with E-state index in [1.165, 1.54) is 12.8 Å². The zero-order chi connectivity index (χ0) is 25.0. The average molecular weight is 487 g/mol. The van der Waals surface area contributed by atoms with E-state index in [0.29, 0.717) is 18.3 Å². The molecule has 1 unspecified atom stereocenters. The third-order valence-corrected chi connectivity index (χ3v) is 7.72. The molecule has 0 amide bonds. The molecule has 2 aromatic heterocycles. The SMILES string of the molecule is CC1CCCN(C)c2ccc(cn2)-c2ccnc(n2)Nc2cccc(c2)CC2(O)CCN(CC1)CC2. The summed E-state index contributed by atoms with van der Waals surface area (Å²) in [6.07, 6.45) is 9.54. The highest BCUT2D eigenvalue weighted by molar-refractivity contribution is 5.62. The molecule has 5 aliphatic heterocycles. The molecule has 1 atom stereocenters. The minimum absolute atomic E-state index is 0.547. The van der Waals surface area contributed by atoms with E-state index in [0.717, 1.165) is 73.8 Å². The van der Waals surface area contributed by atoms with Gasteiger partial charge in [-0.05, 0) is 80.5 Å². The van der Waals surface area contributed by atoms with Crippen LogP contribution in [0.1, 0.15) is 44.6 Å². The van der Waals surface area contributed by atoms with Crippen molar-refractivity contribution < 1.29 is 5.11 Å². The van der Waals surface area contributed by atoms with Crippen molar-refractivity contribution in [2.24, 2.45) is 5.92 Å². The van der Waals surface area contributed by atoms with Gasteiger partial charge in [0.2, 0.25) is 5.95 Å². The van der Waals surface area contributed by atoms with Gasteiger partial charge in [0.05, 0.1) is 11.3 Å². The lowest BCUT2D eigenvalue weighted by atomic mass is 9.85. The normalized spacial score (nSPS) is 25.4. The molecule has 36 heavy (non-hydrogen) atoms. The van der Waals surface area contributed by atoms with E-state index < -0.39 is 5.60 Å². The fourth-order valence-corrected chi connectivity index (χ4v) is 5.32. The number of aromatic nitrogens is 3. The lowest BCUT2D eigenvalue weighted by Gasteiger charge is -2.38. The van der Waals surface area contributed by atoms with Crippen molar-refractivity contribution in [3.05, 3.63) is 60.4 Å². The van der Waals surface area contributed by atoms with E-state index in [2.05, 4.69) is 58.3 Å². The summed E-state index contributed by atoms with van der Waals surface area (Å²) in [7, 11) is 2.11. The molecule has 0 saturated carbocycles. The molecule has 190 valence electrons. The Labute approximate surface area is 214 Å². The Balaban J connectivity index is 1.39. The molecule has 8 rings (SSSR count). The molecule has 1 saturated heterocycles. The fraction of sp³-hybridized carbons (Fsp3) is 0.483. The molecule has 0 spiro atoms. The van der Waals surface area contributed by atoms with Gasteiger partial charge in [-0.25, -0.2) is 15.0 Å². The summed E-state index contributed by atoms with van der Waals surface area (Å²) in [6, 6.07) is 14.3. The summed E-state index contributed by atoms with van der Waals surface area (Å²) in [4.78, 5) is 18.6. The molecule has 7 heteroatoms. The van der Waals surface area contributed by atoms with Crippen LogP contribution in [0.15, 0.2) is 54.9 Å². The van der Waals surface area contributed by atoms with Crippen molar-refractivity contribution >= 4 is 17.5 Å². The third kappa shape index (κ3) is 6.20. The van der Waals surface area contributed by atoms with Gasteiger partial charge in [0.1, 0.15) is 5.82 Å². The fourth-order valence-electron chi connectivity index (χ4n) is 5.32. The summed E-state index contributed by atoms with van der Waals surface area (Å²) >= 11 is 0. The molecule has 2 N–H and O–H groups in total. The molecule has 7 heterocycles. The van der Waals surface area contributed by atoms with E-state index in [1.807, 2.05) is 24.4 Å². The number of nitrogens with one attached hydrogen (secondary N) is 1. The van der Waals surface area contributed by atoms with E-state index >= 15 is 0 Å². The first-order chi connectivity index (χ1) is 17.5. The Morgan fingerprint density at radius 1 is 1.00 bits per heavy atom. The van der Waals surface area contributed by atoms with Gasteiger partial charge in [0, 0.05) is 56.7 Å². The van der Waals surface area contributed by atoms with E-state index in [4.69, 9.17) is 9.97 Å². The van der Waals surface area contributed by atoms with Crippen LogP contribution in [0.4, 0.5) is 17.5 Å². The van der Waals surface area contributed by atoms with Crippen molar-refractivity contribution in [1.82, 2.24) is 19.9 Å². The van der Waals surface area contributed by atoms with E-state index in [-0.39, 0.29) is 0 Å². The minimum atomic E-state index is -0.643. The second-order valence-electron chi connectivity index (χ2n) is 10.7. The maximum atomic E-state index is 11.3. The monoisotopic (exact) mass is 486 g/mol. The Morgan fingerprint density at radius 2 is 1.86 bits per heavy atom. The van der Waals surface area contributed by atoms with Gasteiger partial charge in [-0.15, -0.1) is 0 Å². The summed E-state index contributed by atoms with van der Waals surface area (Å²) in [5.41, 5.74) is 3.21. The van der Waals surface area contributed by atoms with Crippen LogP contribution in [0.3, 0.4) is 0 Å². The Bertz CT molecular complexity index is 1140. The number of pyridine rings is 1. The lowest BCUT2D eigenvalue weighted by molar-refractivity contribution is -0.0214. The van der Waals surface area contributed by atoms with Crippen LogP contribution in [0.5, 0.6) is 0 Å². The molecule has 3 aromatic rings. The van der Waals surface area contributed by atoms with Crippen LogP contribution in [-0.2, 0) is 6.42 Å². The summed E-state index contributed by atoms with van der Waals surface area (Å²) in [6.45, 7) is 6.41. The van der Waals surface area contributed by atoms with Crippen molar-refractivity contribution in [1.29, 1.82) is 0 Å². The van der Waals surface area contributed by atoms with Gasteiger partial charge >= 0.3 is 0 Å². The Kier molecular flexibility index (Phi) is 7.48. The number of hydrogen-bond donors (Lipinski definition) is 2. The number of piperidine rings is 1. The van der Waals surface area contributed by atoms with Gasteiger partial charge in [-0.2, -0.15) is 0 Å². The number of anilines is 3. The summed E-state index contributed by atoms with van der Waals surface area (Å²) in [5.74, 6) is 2.22. The highest BCUT2D eigenvalue weighted by atomic mass is 16.3. The zero-order valence-corrected chi connectivity index (χ0v) is 21.5. The quantitative estimate of drug-likeness (QED) is 0.468. The molecule has 0 radical (unpaired) electrons. The Morgan fingerprint density at radius 3 is 2.67 bits per heavy atom. The second kappa shape index (κ2) is 10.9. The van der Waals surface area contributed by atoms with Crippen LogP contribution in [-0.4, -0.2) is 63.8 Å². The maximum absolute atomic E-state index is 11.3. The second-order valence-corrected chi connectivity index (χ2v) is 10.7. The predicted molar refractivity (Wildman–Crippen MR) is 146 cm³/mol. The topological polar surface area (TPSA) is 77.4 Å². The first-order valence-electron chi connectivity index (χ1n) is 13.3. The van der Waals surface area contributed by atoms with Crippen molar-refractivity contribution in [3.63, 3.8) is 0 Å². The van der Waals surface area contributed by atoms with Gasteiger partial charge in [-0.3, -0.25) is 0 Å². The van der Waals surface area contributed by atoms with E-state index in [1.54, 1.807) is 6.20 Å². The highest BCUT2D eigenvalue weighted by Gasteiger charge is 2.32. The Hall–Kier alpha value is -3.03. The smallest absolute Gasteiger partial charge is 0.227 e. The zero-order valence-electron chi connectivity index (χ0n) is 21.5. The largest absolute Gasteiger partial charge is 0.389 e.